The maximum absolute atomic E-state index is 12.2. The van der Waals surface area contributed by atoms with E-state index in [0.29, 0.717) is 11.3 Å². The number of aryl methyl sites for hydroxylation is 1. The molecule has 102 valence electrons. The number of rotatable bonds is 1. The topological polar surface area (TPSA) is 47.8 Å². The van der Waals surface area contributed by atoms with Crippen LogP contribution in [-0.2, 0) is 0 Å². The van der Waals surface area contributed by atoms with Crippen LogP contribution in [0.3, 0.4) is 0 Å². The zero-order chi connectivity index (χ0) is 14.5. The third-order valence-corrected chi connectivity index (χ3v) is 2.79. The van der Waals surface area contributed by atoms with Gasteiger partial charge in [-0.15, -0.1) is 0 Å². The minimum Gasteiger partial charge on any atom is -0.267 e. The molecule has 0 saturated heterocycles. The van der Waals surface area contributed by atoms with Crippen molar-refractivity contribution in [2.24, 2.45) is 0 Å². The van der Waals surface area contributed by atoms with Crippen molar-refractivity contribution in [1.29, 1.82) is 0 Å². The molecule has 3 aromatic rings. The van der Waals surface area contributed by atoms with E-state index in [1.54, 1.807) is 17.7 Å². The highest BCUT2D eigenvalue weighted by Crippen LogP contribution is 2.12. The van der Waals surface area contributed by atoms with Crippen LogP contribution in [0, 0.1) is 6.92 Å². The summed E-state index contributed by atoms with van der Waals surface area (Å²) in [5.74, 6) is 0. The van der Waals surface area contributed by atoms with E-state index in [-0.39, 0.29) is 5.56 Å². The fourth-order valence-electron chi connectivity index (χ4n) is 1.95. The average molecular weight is 267 g/mol. The Morgan fingerprint density at radius 2 is 1.70 bits per heavy atom. The molecule has 0 aliphatic carbocycles. The van der Waals surface area contributed by atoms with Gasteiger partial charge in [-0.25, -0.2) is 9.97 Å². The summed E-state index contributed by atoms with van der Waals surface area (Å²) in [6.45, 7) is 5.72. The Bertz CT molecular complexity index is 764. The number of nitrogens with zero attached hydrogens (tertiary/aromatic N) is 3. The number of para-hydroxylation sites is 1. The SMILES string of the molecule is CC.Cc1nc2cccnc2n(-c2ccccc2)c1=O. The van der Waals surface area contributed by atoms with Crippen LogP contribution in [0.25, 0.3) is 16.9 Å². The van der Waals surface area contributed by atoms with Crippen molar-refractivity contribution in [3.63, 3.8) is 0 Å². The fourth-order valence-corrected chi connectivity index (χ4v) is 1.95. The second-order valence-electron chi connectivity index (χ2n) is 4.02. The summed E-state index contributed by atoms with van der Waals surface area (Å²) in [7, 11) is 0. The summed E-state index contributed by atoms with van der Waals surface area (Å²) in [6, 6.07) is 13.1. The molecule has 0 amide bonds. The first-order valence-electron chi connectivity index (χ1n) is 6.67. The molecule has 2 heterocycles. The van der Waals surface area contributed by atoms with Crippen LogP contribution in [0.2, 0.25) is 0 Å². The Kier molecular flexibility index (Phi) is 4.25. The van der Waals surface area contributed by atoms with E-state index in [4.69, 9.17) is 0 Å². The molecule has 0 spiro atoms. The molecular weight excluding hydrogens is 250 g/mol. The first-order chi connectivity index (χ1) is 9.77. The minimum atomic E-state index is -0.132. The van der Waals surface area contributed by atoms with Gasteiger partial charge in [-0.2, -0.15) is 0 Å². The standard InChI is InChI=1S/C14H11N3O.C2H6/c1-10-14(18)17(11-6-3-2-4-7-11)13-12(16-10)8-5-9-15-13;1-2/h2-9H,1H3;1-2H3. The zero-order valence-electron chi connectivity index (χ0n) is 11.9. The van der Waals surface area contributed by atoms with Gasteiger partial charge in [-0.1, -0.05) is 32.0 Å². The van der Waals surface area contributed by atoms with Crippen LogP contribution in [0.1, 0.15) is 19.5 Å². The summed E-state index contributed by atoms with van der Waals surface area (Å²) in [5, 5.41) is 0. The van der Waals surface area contributed by atoms with Crippen molar-refractivity contribution in [3.05, 3.63) is 64.7 Å². The summed E-state index contributed by atoms with van der Waals surface area (Å²) in [4.78, 5) is 20.8. The first-order valence-corrected chi connectivity index (χ1v) is 6.67. The Labute approximate surface area is 117 Å². The van der Waals surface area contributed by atoms with Crippen LogP contribution < -0.4 is 5.56 Å². The molecule has 0 fully saturated rings. The second-order valence-corrected chi connectivity index (χ2v) is 4.02. The van der Waals surface area contributed by atoms with Gasteiger partial charge in [0.2, 0.25) is 0 Å². The first kappa shape index (κ1) is 13.9. The van der Waals surface area contributed by atoms with E-state index in [0.717, 1.165) is 11.2 Å². The van der Waals surface area contributed by atoms with Gasteiger partial charge in [0.25, 0.3) is 5.56 Å². The third-order valence-electron chi connectivity index (χ3n) is 2.79. The molecule has 4 nitrogen and oxygen atoms in total. The smallest absolute Gasteiger partial charge is 0.267 e. The van der Waals surface area contributed by atoms with Gasteiger partial charge in [0.05, 0.1) is 5.69 Å². The predicted octanol–water partition coefficient (Wildman–Crippen LogP) is 3.12. The lowest BCUT2D eigenvalue weighted by Crippen LogP contribution is -2.23. The maximum atomic E-state index is 12.2. The van der Waals surface area contributed by atoms with Crippen molar-refractivity contribution in [2.75, 3.05) is 0 Å². The molecule has 2 aromatic heterocycles. The zero-order valence-corrected chi connectivity index (χ0v) is 11.9. The molecule has 0 bridgehead atoms. The number of hydrogen-bond donors (Lipinski definition) is 0. The van der Waals surface area contributed by atoms with E-state index >= 15 is 0 Å². The van der Waals surface area contributed by atoms with Gasteiger partial charge in [0.1, 0.15) is 11.2 Å². The molecule has 20 heavy (non-hydrogen) atoms. The molecule has 0 aliphatic rings. The summed E-state index contributed by atoms with van der Waals surface area (Å²) >= 11 is 0. The molecule has 1 aromatic carbocycles. The highest BCUT2D eigenvalue weighted by Gasteiger charge is 2.09. The molecule has 0 aliphatic heterocycles. The number of fused-ring (bicyclic) bond motifs is 1. The Morgan fingerprint density at radius 1 is 1.00 bits per heavy atom. The van der Waals surface area contributed by atoms with E-state index in [2.05, 4.69) is 9.97 Å². The second kappa shape index (κ2) is 6.10. The van der Waals surface area contributed by atoms with Crippen molar-refractivity contribution >= 4 is 11.2 Å². The molecule has 0 radical (unpaired) electrons. The molecule has 0 N–H and O–H groups in total. The van der Waals surface area contributed by atoms with Gasteiger partial charge in [-0.3, -0.25) is 9.36 Å². The Hall–Kier alpha value is -2.49. The number of aromatic nitrogens is 3. The van der Waals surface area contributed by atoms with Gasteiger partial charge in [0.15, 0.2) is 5.65 Å². The monoisotopic (exact) mass is 267 g/mol. The molecule has 3 rings (SSSR count). The molecule has 0 unspecified atom stereocenters. The van der Waals surface area contributed by atoms with Crippen molar-refractivity contribution < 1.29 is 0 Å². The van der Waals surface area contributed by atoms with Crippen molar-refractivity contribution in [2.45, 2.75) is 20.8 Å². The molecule has 4 heteroatoms. The van der Waals surface area contributed by atoms with Crippen LogP contribution in [0.4, 0.5) is 0 Å². The predicted molar refractivity (Wildman–Crippen MR) is 81.2 cm³/mol. The summed E-state index contributed by atoms with van der Waals surface area (Å²) < 4.78 is 1.59. The summed E-state index contributed by atoms with van der Waals surface area (Å²) in [5.41, 5.74) is 2.45. The highest BCUT2D eigenvalue weighted by atomic mass is 16.1. The largest absolute Gasteiger partial charge is 0.278 e. The average Bonchev–Trinajstić information content (AvgIpc) is 2.51. The normalized spacial score (nSPS) is 9.95. The van der Waals surface area contributed by atoms with Gasteiger partial charge < -0.3 is 0 Å². The van der Waals surface area contributed by atoms with E-state index < -0.39 is 0 Å². The number of benzene rings is 1. The lowest BCUT2D eigenvalue weighted by Gasteiger charge is -2.09. The molecule has 0 saturated carbocycles. The van der Waals surface area contributed by atoms with E-state index in [9.17, 15) is 4.79 Å². The van der Waals surface area contributed by atoms with Gasteiger partial charge in [0, 0.05) is 6.20 Å². The van der Waals surface area contributed by atoms with Crippen molar-refractivity contribution in [3.8, 4) is 5.69 Å². The van der Waals surface area contributed by atoms with Gasteiger partial charge >= 0.3 is 0 Å². The van der Waals surface area contributed by atoms with E-state index in [1.165, 1.54) is 0 Å². The van der Waals surface area contributed by atoms with Crippen LogP contribution in [0.5, 0.6) is 0 Å². The Balaban J connectivity index is 0.000000704. The van der Waals surface area contributed by atoms with E-state index in [1.807, 2.05) is 56.3 Å². The van der Waals surface area contributed by atoms with Crippen LogP contribution in [-0.4, -0.2) is 14.5 Å². The summed E-state index contributed by atoms with van der Waals surface area (Å²) in [6.07, 6.45) is 1.66. The van der Waals surface area contributed by atoms with Crippen LogP contribution >= 0.6 is 0 Å². The van der Waals surface area contributed by atoms with Crippen LogP contribution in [0.15, 0.2) is 53.5 Å². The lowest BCUT2D eigenvalue weighted by atomic mass is 10.3. The highest BCUT2D eigenvalue weighted by molar-refractivity contribution is 5.72. The lowest BCUT2D eigenvalue weighted by molar-refractivity contribution is 0.959. The Morgan fingerprint density at radius 3 is 2.40 bits per heavy atom. The maximum Gasteiger partial charge on any atom is 0.278 e. The number of pyridine rings is 1. The van der Waals surface area contributed by atoms with Crippen molar-refractivity contribution in [1.82, 2.24) is 14.5 Å². The number of hydrogen-bond acceptors (Lipinski definition) is 3. The fraction of sp³-hybridized carbons (Fsp3) is 0.188. The van der Waals surface area contributed by atoms with Gasteiger partial charge in [-0.05, 0) is 31.2 Å². The molecule has 0 atom stereocenters. The quantitative estimate of drug-likeness (QED) is 0.680. The molecular formula is C16H17N3O. The third kappa shape index (κ3) is 2.45. The minimum absolute atomic E-state index is 0.132.